The zero-order chi connectivity index (χ0) is 15.5. The number of carboxylic acids is 1. The van der Waals surface area contributed by atoms with Crippen molar-refractivity contribution >= 4 is 22.7 Å². The Labute approximate surface area is 126 Å². The lowest BCUT2D eigenvalue weighted by molar-refractivity contribution is -0.131. The summed E-state index contributed by atoms with van der Waals surface area (Å²) in [6.07, 6.45) is 1.40. The summed E-state index contributed by atoms with van der Waals surface area (Å²) in [7, 11) is 0. The monoisotopic (exact) mass is 295 g/mol. The van der Waals surface area contributed by atoms with Gasteiger partial charge in [-0.05, 0) is 23.8 Å². The van der Waals surface area contributed by atoms with Gasteiger partial charge in [0.05, 0.1) is 5.56 Å². The molecule has 0 fully saturated rings. The molecule has 0 aliphatic carbocycles. The van der Waals surface area contributed by atoms with Crippen molar-refractivity contribution in [3.05, 3.63) is 65.9 Å². The first-order chi connectivity index (χ1) is 10.6. The quantitative estimate of drug-likeness (QED) is 0.560. The van der Waals surface area contributed by atoms with Crippen LogP contribution in [0.4, 0.5) is 0 Å². The van der Waals surface area contributed by atoms with Crippen LogP contribution in [0.1, 0.15) is 15.9 Å². The van der Waals surface area contributed by atoms with Crippen molar-refractivity contribution < 1.29 is 19.4 Å². The number of aliphatic carboxylic acids is 1. The highest BCUT2D eigenvalue weighted by Crippen LogP contribution is 2.24. The summed E-state index contributed by atoms with van der Waals surface area (Å²) in [5.41, 5.74) is 1.85. The summed E-state index contributed by atoms with van der Waals surface area (Å²) in [5.74, 6) is -1.83. The predicted octanol–water partition coefficient (Wildman–Crippen LogP) is 3.01. The molecule has 0 saturated carbocycles. The van der Waals surface area contributed by atoms with Crippen LogP contribution in [0.15, 0.2) is 54.7 Å². The minimum atomic E-state index is -1.48. The SMILES string of the molecule is O=C(O)C(=O)c1c[nH]c2ccc(OCc3ccccc3)cc12. The van der Waals surface area contributed by atoms with Gasteiger partial charge in [0.2, 0.25) is 0 Å². The molecular formula is C17H13NO4. The number of carbonyl (C=O) groups excluding carboxylic acids is 1. The maximum atomic E-state index is 11.6. The normalized spacial score (nSPS) is 10.5. The lowest BCUT2D eigenvalue weighted by Crippen LogP contribution is -2.11. The van der Waals surface area contributed by atoms with Crippen LogP contribution in [0.3, 0.4) is 0 Å². The van der Waals surface area contributed by atoms with Gasteiger partial charge in [0.1, 0.15) is 12.4 Å². The number of Topliss-reactive ketones (excluding diaryl/α,β-unsaturated/α-hetero) is 1. The fourth-order valence-electron chi connectivity index (χ4n) is 2.23. The first-order valence-corrected chi connectivity index (χ1v) is 6.70. The highest BCUT2D eigenvalue weighted by Gasteiger charge is 2.19. The average molecular weight is 295 g/mol. The molecule has 0 aliphatic heterocycles. The van der Waals surface area contributed by atoms with E-state index in [9.17, 15) is 9.59 Å². The molecule has 22 heavy (non-hydrogen) atoms. The summed E-state index contributed by atoms with van der Waals surface area (Å²) in [5, 5.41) is 9.38. The Morgan fingerprint density at radius 1 is 1.09 bits per heavy atom. The Kier molecular flexibility index (Phi) is 3.62. The first kappa shape index (κ1) is 13.9. The molecule has 2 aromatic carbocycles. The lowest BCUT2D eigenvalue weighted by atomic mass is 10.1. The van der Waals surface area contributed by atoms with Gasteiger partial charge < -0.3 is 14.8 Å². The van der Waals surface area contributed by atoms with Gasteiger partial charge in [-0.3, -0.25) is 4.79 Å². The molecule has 1 aromatic heterocycles. The first-order valence-electron chi connectivity index (χ1n) is 6.70. The number of nitrogens with one attached hydrogen (secondary N) is 1. The highest BCUT2D eigenvalue weighted by molar-refractivity contribution is 6.42. The summed E-state index contributed by atoms with van der Waals surface area (Å²) < 4.78 is 5.69. The molecule has 2 N–H and O–H groups in total. The Morgan fingerprint density at radius 3 is 2.59 bits per heavy atom. The second kappa shape index (κ2) is 5.73. The van der Waals surface area contributed by atoms with Gasteiger partial charge in [-0.2, -0.15) is 0 Å². The largest absolute Gasteiger partial charge is 0.489 e. The van der Waals surface area contributed by atoms with Crippen LogP contribution >= 0.6 is 0 Å². The minimum absolute atomic E-state index is 0.132. The van der Waals surface area contributed by atoms with E-state index < -0.39 is 11.8 Å². The minimum Gasteiger partial charge on any atom is -0.489 e. The van der Waals surface area contributed by atoms with Crippen molar-refractivity contribution in [2.75, 3.05) is 0 Å². The van der Waals surface area contributed by atoms with E-state index >= 15 is 0 Å². The lowest BCUT2D eigenvalue weighted by Gasteiger charge is -2.06. The number of benzene rings is 2. The second-order valence-electron chi connectivity index (χ2n) is 4.82. The van der Waals surface area contributed by atoms with Crippen molar-refractivity contribution in [1.29, 1.82) is 0 Å². The molecule has 1 heterocycles. The van der Waals surface area contributed by atoms with E-state index in [-0.39, 0.29) is 5.56 Å². The molecule has 0 unspecified atom stereocenters. The number of hydrogen-bond acceptors (Lipinski definition) is 3. The molecule has 5 heteroatoms. The number of fused-ring (bicyclic) bond motifs is 1. The Balaban J connectivity index is 1.87. The molecule has 0 radical (unpaired) electrons. The van der Waals surface area contributed by atoms with Crippen molar-refractivity contribution in [1.82, 2.24) is 4.98 Å². The van der Waals surface area contributed by atoms with Crippen LogP contribution < -0.4 is 4.74 Å². The van der Waals surface area contributed by atoms with Gasteiger partial charge in [0.15, 0.2) is 0 Å². The zero-order valence-electron chi connectivity index (χ0n) is 11.6. The molecule has 3 rings (SSSR count). The van der Waals surface area contributed by atoms with E-state index in [1.807, 2.05) is 30.3 Å². The van der Waals surface area contributed by atoms with Crippen LogP contribution in [-0.4, -0.2) is 21.8 Å². The van der Waals surface area contributed by atoms with Gasteiger partial charge in [-0.1, -0.05) is 30.3 Å². The molecule has 0 spiro atoms. The van der Waals surface area contributed by atoms with Crippen LogP contribution in [0.2, 0.25) is 0 Å². The average Bonchev–Trinajstić information content (AvgIpc) is 2.96. The summed E-state index contributed by atoms with van der Waals surface area (Å²) in [6, 6.07) is 14.9. The van der Waals surface area contributed by atoms with Gasteiger partial charge >= 0.3 is 5.97 Å². The number of carbonyl (C=O) groups is 2. The van der Waals surface area contributed by atoms with E-state index in [1.165, 1.54) is 6.20 Å². The number of ketones is 1. The maximum absolute atomic E-state index is 11.6. The number of ether oxygens (including phenoxy) is 1. The topological polar surface area (TPSA) is 79.4 Å². The van der Waals surface area contributed by atoms with E-state index in [4.69, 9.17) is 9.84 Å². The van der Waals surface area contributed by atoms with E-state index in [2.05, 4.69) is 4.98 Å². The van der Waals surface area contributed by atoms with Crippen LogP contribution in [0.5, 0.6) is 5.75 Å². The molecule has 0 aliphatic rings. The number of H-pyrrole nitrogens is 1. The number of rotatable bonds is 5. The van der Waals surface area contributed by atoms with Crippen LogP contribution in [0, 0.1) is 0 Å². The Hall–Kier alpha value is -3.08. The van der Waals surface area contributed by atoms with Gasteiger partial charge in [0.25, 0.3) is 5.78 Å². The Bertz CT molecular complexity index is 836. The highest BCUT2D eigenvalue weighted by atomic mass is 16.5. The Morgan fingerprint density at radius 2 is 1.86 bits per heavy atom. The zero-order valence-corrected chi connectivity index (χ0v) is 11.6. The second-order valence-corrected chi connectivity index (χ2v) is 4.82. The summed E-state index contributed by atoms with van der Waals surface area (Å²) in [4.78, 5) is 25.4. The molecule has 3 aromatic rings. The van der Waals surface area contributed by atoms with Gasteiger partial charge in [0, 0.05) is 17.1 Å². The number of carboxylic acid groups (broad SMARTS) is 1. The third-order valence-electron chi connectivity index (χ3n) is 3.34. The molecule has 0 saturated heterocycles. The number of aromatic amines is 1. The van der Waals surface area contributed by atoms with Crippen LogP contribution in [-0.2, 0) is 11.4 Å². The molecule has 0 bridgehead atoms. The molecule has 5 nitrogen and oxygen atoms in total. The third kappa shape index (κ3) is 2.69. The third-order valence-corrected chi connectivity index (χ3v) is 3.34. The van der Waals surface area contributed by atoms with Crippen molar-refractivity contribution in [2.24, 2.45) is 0 Å². The standard InChI is InChI=1S/C17H13NO4/c19-16(17(20)21)14-9-18-15-7-6-12(8-13(14)15)22-10-11-4-2-1-3-5-11/h1-9,18H,10H2,(H,20,21). The van der Waals surface area contributed by atoms with Gasteiger partial charge in [-0.15, -0.1) is 0 Å². The van der Waals surface area contributed by atoms with Gasteiger partial charge in [-0.25, -0.2) is 4.79 Å². The van der Waals surface area contributed by atoms with E-state index in [1.54, 1.807) is 18.2 Å². The fourth-order valence-corrected chi connectivity index (χ4v) is 2.23. The fraction of sp³-hybridized carbons (Fsp3) is 0.0588. The van der Waals surface area contributed by atoms with Crippen molar-refractivity contribution in [2.45, 2.75) is 6.61 Å². The number of aromatic nitrogens is 1. The summed E-state index contributed by atoms with van der Waals surface area (Å²) >= 11 is 0. The smallest absolute Gasteiger partial charge is 0.377 e. The van der Waals surface area contributed by atoms with E-state index in [0.717, 1.165) is 5.56 Å². The molecule has 0 amide bonds. The van der Waals surface area contributed by atoms with E-state index in [0.29, 0.717) is 23.3 Å². The predicted molar refractivity (Wildman–Crippen MR) is 81.0 cm³/mol. The molecule has 110 valence electrons. The molecular weight excluding hydrogens is 282 g/mol. The number of hydrogen-bond donors (Lipinski definition) is 2. The summed E-state index contributed by atoms with van der Waals surface area (Å²) in [6.45, 7) is 0.402. The maximum Gasteiger partial charge on any atom is 0.377 e. The van der Waals surface area contributed by atoms with Crippen LogP contribution in [0.25, 0.3) is 10.9 Å². The van der Waals surface area contributed by atoms with Crippen molar-refractivity contribution in [3.8, 4) is 5.75 Å². The van der Waals surface area contributed by atoms with Crippen molar-refractivity contribution in [3.63, 3.8) is 0 Å². The molecule has 0 atom stereocenters.